The summed E-state index contributed by atoms with van der Waals surface area (Å²) >= 11 is 5.96. The molecule has 0 unspecified atom stereocenters. The summed E-state index contributed by atoms with van der Waals surface area (Å²) < 4.78 is 0. The monoisotopic (exact) mass is 255 g/mol. The number of nitrogens with zero attached hydrogens (tertiary/aromatic N) is 2. The number of unbranched alkanes of at least 4 members (excludes halogenated alkanes) is 3. The number of nitrogens with one attached hydrogen (secondary N) is 1. The second-order valence-corrected chi connectivity index (χ2v) is 4.63. The van der Waals surface area contributed by atoms with Crippen LogP contribution in [-0.2, 0) is 6.42 Å². The molecule has 17 heavy (non-hydrogen) atoms. The van der Waals surface area contributed by atoms with Gasteiger partial charge in [0.25, 0.3) is 0 Å². The van der Waals surface area contributed by atoms with E-state index in [2.05, 4.69) is 29.1 Å². The van der Waals surface area contributed by atoms with Crippen molar-refractivity contribution in [1.29, 1.82) is 0 Å². The van der Waals surface area contributed by atoms with Crippen LogP contribution in [0, 0.1) is 0 Å². The predicted molar refractivity (Wildman–Crippen MR) is 73.7 cm³/mol. The zero-order valence-electron chi connectivity index (χ0n) is 10.8. The van der Waals surface area contributed by atoms with Crippen LogP contribution < -0.4 is 5.32 Å². The van der Waals surface area contributed by atoms with Crippen molar-refractivity contribution in [3.63, 3.8) is 0 Å². The lowest BCUT2D eigenvalue weighted by Gasteiger charge is -2.06. The zero-order chi connectivity index (χ0) is 12.5. The largest absolute Gasteiger partial charge is 0.354 e. The first kappa shape index (κ1) is 14.2. The van der Waals surface area contributed by atoms with Gasteiger partial charge in [0, 0.05) is 12.2 Å². The summed E-state index contributed by atoms with van der Waals surface area (Å²) in [6.45, 7) is 5.27. The van der Waals surface area contributed by atoms with Crippen molar-refractivity contribution in [2.24, 2.45) is 0 Å². The van der Waals surface area contributed by atoms with Crippen LogP contribution in [0.3, 0.4) is 0 Å². The molecule has 0 fully saturated rings. The molecule has 96 valence electrons. The fraction of sp³-hybridized carbons (Fsp3) is 0.692. The lowest BCUT2D eigenvalue weighted by atomic mass is 10.2. The maximum Gasteiger partial charge on any atom is 0.224 e. The van der Waals surface area contributed by atoms with E-state index < -0.39 is 0 Å². The topological polar surface area (TPSA) is 37.8 Å². The van der Waals surface area contributed by atoms with Crippen LogP contribution in [0.4, 0.5) is 5.95 Å². The third-order valence-corrected chi connectivity index (χ3v) is 2.76. The van der Waals surface area contributed by atoms with Crippen molar-refractivity contribution < 1.29 is 0 Å². The summed E-state index contributed by atoms with van der Waals surface area (Å²) in [7, 11) is 0. The summed E-state index contributed by atoms with van der Waals surface area (Å²) in [6.07, 6.45) is 6.99. The van der Waals surface area contributed by atoms with Gasteiger partial charge < -0.3 is 5.32 Å². The van der Waals surface area contributed by atoms with Gasteiger partial charge in [0.2, 0.25) is 5.95 Å². The van der Waals surface area contributed by atoms with Crippen LogP contribution in [-0.4, -0.2) is 16.5 Å². The first-order valence-corrected chi connectivity index (χ1v) is 6.91. The van der Waals surface area contributed by atoms with E-state index in [1.54, 1.807) is 0 Å². The van der Waals surface area contributed by atoms with Crippen molar-refractivity contribution in [3.05, 3.63) is 16.9 Å². The molecule has 0 spiro atoms. The van der Waals surface area contributed by atoms with E-state index in [0.717, 1.165) is 31.5 Å². The fourth-order valence-electron chi connectivity index (χ4n) is 1.68. The van der Waals surface area contributed by atoms with Crippen molar-refractivity contribution in [2.45, 2.75) is 52.4 Å². The maximum atomic E-state index is 5.96. The van der Waals surface area contributed by atoms with Crippen LogP contribution in [0.25, 0.3) is 0 Å². The van der Waals surface area contributed by atoms with Crippen molar-refractivity contribution in [2.75, 3.05) is 11.9 Å². The second kappa shape index (κ2) is 8.29. The number of aromatic nitrogens is 2. The summed E-state index contributed by atoms with van der Waals surface area (Å²) in [5, 5.41) is 3.76. The van der Waals surface area contributed by atoms with Gasteiger partial charge in [-0.25, -0.2) is 9.97 Å². The standard InChI is InChI=1S/C13H22ClN3/c1-3-5-6-7-9-15-13-16-11(8-4-2)10-12(14)17-13/h10H,3-9H2,1-2H3,(H,15,16,17). The van der Waals surface area contributed by atoms with Gasteiger partial charge in [-0.3, -0.25) is 0 Å². The van der Waals surface area contributed by atoms with E-state index >= 15 is 0 Å². The number of halogens is 1. The van der Waals surface area contributed by atoms with Gasteiger partial charge in [0.15, 0.2) is 0 Å². The van der Waals surface area contributed by atoms with Gasteiger partial charge >= 0.3 is 0 Å². The van der Waals surface area contributed by atoms with Crippen molar-refractivity contribution in [1.82, 2.24) is 9.97 Å². The van der Waals surface area contributed by atoms with Crippen LogP contribution >= 0.6 is 11.6 Å². The Kier molecular flexibility index (Phi) is 6.94. The minimum atomic E-state index is 0.527. The Morgan fingerprint density at radius 3 is 2.65 bits per heavy atom. The molecule has 1 N–H and O–H groups in total. The molecule has 0 bridgehead atoms. The smallest absolute Gasteiger partial charge is 0.224 e. The van der Waals surface area contributed by atoms with E-state index in [4.69, 9.17) is 11.6 Å². The number of hydrogen-bond donors (Lipinski definition) is 1. The normalized spacial score (nSPS) is 10.5. The molecule has 3 nitrogen and oxygen atoms in total. The Balaban J connectivity index is 2.41. The van der Waals surface area contributed by atoms with Crippen LogP contribution in [0.1, 0.15) is 51.6 Å². The van der Waals surface area contributed by atoms with Crippen molar-refractivity contribution >= 4 is 17.5 Å². The van der Waals surface area contributed by atoms with Gasteiger partial charge in [0.05, 0.1) is 0 Å². The lowest BCUT2D eigenvalue weighted by molar-refractivity contribution is 0.683. The molecular weight excluding hydrogens is 234 g/mol. The van der Waals surface area contributed by atoms with Crippen LogP contribution in [0.2, 0.25) is 5.15 Å². The molecule has 0 radical (unpaired) electrons. The molecule has 0 aliphatic heterocycles. The zero-order valence-corrected chi connectivity index (χ0v) is 11.6. The van der Waals surface area contributed by atoms with Gasteiger partial charge in [0.1, 0.15) is 5.15 Å². The number of anilines is 1. The van der Waals surface area contributed by atoms with E-state index in [0.29, 0.717) is 11.1 Å². The third kappa shape index (κ3) is 5.87. The van der Waals surface area contributed by atoms with Crippen LogP contribution in [0.5, 0.6) is 0 Å². The average Bonchev–Trinajstić information content (AvgIpc) is 2.28. The number of aryl methyl sites for hydroxylation is 1. The Morgan fingerprint density at radius 2 is 1.94 bits per heavy atom. The third-order valence-electron chi connectivity index (χ3n) is 2.57. The Hall–Kier alpha value is -0.830. The quantitative estimate of drug-likeness (QED) is 0.562. The highest BCUT2D eigenvalue weighted by Crippen LogP contribution is 2.12. The molecule has 1 heterocycles. The van der Waals surface area contributed by atoms with Gasteiger partial charge in [-0.1, -0.05) is 51.1 Å². The summed E-state index contributed by atoms with van der Waals surface area (Å²) in [5.74, 6) is 0.664. The summed E-state index contributed by atoms with van der Waals surface area (Å²) in [4.78, 5) is 8.61. The summed E-state index contributed by atoms with van der Waals surface area (Å²) in [5.41, 5.74) is 1.02. The molecule has 0 saturated carbocycles. The van der Waals surface area contributed by atoms with E-state index in [-0.39, 0.29) is 0 Å². The average molecular weight is 256 g/mol. The van der Waals surface area contributed by atoms with Gasteiger partial charge in [-0.2, -0.15) is 0 Å². The number of rotatable bonds is 8. The first-order valence-electron chi connectivity index (χ1n) is 6.53. The van der Waals surface area contributed by atoms with Gasteiger partial charge in [-0.05, 0) is 18.9 Å². The molecule has 0 amide bonds. The highest BCUT2D eigenvalue weighted by Gasteiger charge is 2.02. The van der Waals surface area contributed by atoms with Gasteiger partial charge in [-0.15, -0.1) is 0 Å². The van der Waals surface area contributed by atoms with Crippen molar-refractivity contribution in [3.8, 4) is 0 Å². The first-order chi connectivity index (χ1) is 8.26. The highest BCUT2D eigenvalue weighted by atomic mass is 35.5. The molecule has 0 aliphatic rings. The minimum Gasteiger partial charge on any atom is -0.354 e. The lowest BCUT2D eigenvalue weighted by Crippen LogP contribution is -2.07. The minimum absolute atomic E-state index is 0.527. The Bertz CT molecular complexity index is 328. The molecule has 4 heteroatoms. The Labute approximate surface area is 109 Å². The number of hydrogen-bond acceptors (Lipinski definition) is 3. The molecule has 1 aromatic rings. The maximum absolute atomic E-state index is 5.96. The fourth-order valence-corrected chi connectivity index (χ4v) is 1.89. The molecule has 1 aromatic heterocycles. The summed E-state index contributed by atoms with van der Waals surface area (Å²) in [6, 6.07) is 1.84. The van der Waals surface area contributed by atoms with E-state index in [1.165, 1.54) is 19.3 Å². The molecule has 1 rings (SSSR count). The van der Waals surface area contributed by atoms with Crippen LogP contribution in [0.15, 0.2) is 6.07 Å². The SMILES string of the molecule is CCCCCCNc1nc(Cl)cc(CCC)n1. The molecule has 0 atom stereocenters. The molecular formula is C13H22ClN3. The predicted octanol–water partition coefficient (Wildman–Crippen LogP) is 4.07. The second-order valence-electron chi connectivity index (χ2n) is 4.24. The highest BCUT2D eigenvalue weighted by molar-refractivity contribution is 6.29. The molecule has 0 aliphatic carbocycles. The molecule has 0 aromatic carbocycles. The van der Waals surface area contributed by atoms with E-state index in [9.17, 15) is 0 Å². The van der Waals surface area contributed by atoms with E-state index in [1.807, 2.05) is 6.07 Å². The Morgan fingerprint density at radius 1 is 1.12 bits per heavy atom. The molecule has 0 saturated heterocycles.